The number of aliphatic hydroxyl groups excluding tert-OH is 1. The Labute approximate surface area is 174 Å². The van der Waals surface area contributed by atoms with E-state index < -0.39 is 12.1 Å². The molecule has 0 amide bonds. The van der Waals surface area contributed by atoms with Gasteiger partial charge in [-0.25, -0.2) is 9.78 Å². The molecule has 0 aliphatic heterocycles. The lowest BCUT2D eigenvalue weighted by molar-refractivity contribution is 0.0691. The molecule has 0 fully saturated rings. The molecular formula is C22H22ClN3O3. The summed E-state index contributed by atoms with van der Waals surface area (Å²) >= 11 is 5.95. The summed E-state index contributed by atoms with van der Waals surface area (Å²) in [7, 11) is 0. The van der Waals surface area contributed by atoms with Gasteiger partial charge in [0.05, 0.1) is 6.10 Å². The van der Waals surface area contributed by atoms with Crippen molar-refractivity contribution < 1.29 is 15.0 Å². The van der Waals surface area contributed by atoms with E-state index in [0.29, 0.717) is 30.2 Å². The number of rotatable bonds is 9. The Kier molecular flexibility index (Phi) is 7.19. The van der Waals surface area contributed by atoms with E-state index >= 15 is 0 Å². The summed E-state index contributed by atoms with van der Waals surface area (Å²) in [4.78, 5) is 15.3. The second-order valence-electron chi connectivity index (χ2n) is 6.49. The lowest BCUT2D eigenvalue weighted by Gasteiger charge is -2.13. The van der Waals surface area contributed by atoms with Gasteiger partial charge in [-0.05, 0) is 41.5 Å². The van der Waals surface area contributed by atoms with Crippen LogP contribution in [-0.2, 0) is 0 Å². The quantitative estimate of drug-likeness (QED) is 0.400. The minimum absolute atomic E-state index is 0.0290. The van der Waals surface area contributed by atoms with Crippen LogP contribution in [0.2, 0.25) is 5.02 Å². The predicted octanol–water partition coefficient (Wildman–Crippen LogP) is 3.84. The van der Waals surface area contributed by atoms with E-state index in [2.05, 4.69) is 15.6 Å². The molecule has 0 radical (unpaired) electrons. The van der Waals surface area contributed by atoms with Crippen LogP contribution in [0.1, 0.15) is 22.2 Å². The minimum atomic E-state index is -1.05. The number of carboxylic acids is 1. The zero-order valence-electron chi connectivity index (χ0n) is 15.7. The average Bonchev–Trinajstić information content (AvgIpc) is 2.73. The van der Waals surface area contributed by atoms with Gasteiger partial charge in [-0.3, -0.25) is 0 Å². The molecule has 1 atom stereocenters. The van der Waals surface area contributed by atoms with Gasteiger partial charge in [-0.2, -0.15) is 0 Å². The molecule has 3 aromatic rings. The highest BCUT2D eigenvalue weighted by atomic mass is 35.5. The monoisotopic (exact) mass is 411 g/mol. The van der Waals surface area contributed by atoms with Crippen LogP contribution >= 0.6 is 11.6 Å². The maximum absolute atomic E-state index is 11.4. The Hall–Kier alpha value is -2.93. The van der Waals surface area contributed by atoms with Gasteiger partial charge < -0.3 is 20.8 Å². The van der Waals surface area contributed by atoms with Crippen molar-refractivity contribution in [1.82, 2.24) is 10.3 Å². The van der Waals surface area contributed by atoms with E-state index in [1.165, 1.54) is 6.20 Å². The van der Waals surface area contributed by atoms with Crippen molar-refractivity contribution >= 4 is 23.3 Å². The van der Waals surface area contributed by atoms with Crippen molar-refractivity contribution in [2.24, 2.45) is 0 Å². The molecule has 0 spiro atoms. The first-order valence-corrected chi connectivity index (χ1v) is 9.59. The van der Waals surface area contributed by atoms with Gasteiger partial charge in [-0.1, -0.05) is 41.9 Å². The molecule has 0 saturated carbocycles. The number of aromatic carboxylic acids is 1. The molecule has 4 N–H and O–H groups in total. The molecule has 2 aromatic carbocycles. The zero-order valence-corrected chi connectivity index (χ0v) is 16.4. The van der Waals surface area contributed by atoms with E-state index in [4.69, 9.17) is 11.6 Å². The van der Waals surface area contributed by atoms with E-state index in [0.717, 1.165) is 16.8 Å². The maximum Gasteiger partial charge on any atom is 0.355 e. The SMILES string of the molecule is O=C(O)c1ncccc1-c1cccc(NCCNCC(O)c2cccc(Cl)c2)c1. The Morgan fingerprint density at radius 1 is 1.07 bits per heavy atom. The smallest absolute Gasteiger partial charge is 0.355 e. The van der Waals surface area contributed by atoms with Crippen molar-refractivity contribution in [2.75, 3.05) is 25.0 Å². The first kappa shape index (κ1) is 20.8. The van der Waals surface area contributed by atoms with Crippen LogP contribution in [0.4, 0.5) is 5.69 Å². The summed E-state index contributed by atoms with van der Waals surface area (Å²) < 4.78 is 0. The summed E-state index contributed by atoms with van der Waals surface area (Å²) in [5, 5.41) is 26.6. The van der Waals surface area contributed by atoms with Crippen LogP contribution in [0.5, 0.6) is 0 Å². The highest BCUT2D eigenvalue weighted by Gasteiger charge is 2.12. The van der Waals surface area contributed by atoms with Crippen molar-refractivity contribution in [2.45, 2.75) is 6.10 Å². The molecule has 0 aliphatic rings. The molecular weight excluding hydrogens is 390 g/mol. The molecule has 0 aliphatic carbocycles. The van der Waals surface area contributed by atoms with Crippen LogP contribution in [0.15, 0.2) is 66.9 Å². The van der Waals surface area contributed by atoms with Gasteiger partial charge in [0, 0.05) is 42.1 Å². The number of carboxylic acid groups (broad SMARTS) is 1. The van der Waals surface area contributed by atoms with Crippen molar-refractivity contribution in [3.05, 3.63) is 83.1 Å². The molecule has 1 unspecified atom stereocenters. The number of hydrogen-bond acceptors (Lipinski definition) is 5. The normalized spacial score (nSPS) is 11.8. The summed E-state index contributed by atoms with van der Waals surface area (Å²) in [5.74, 6) is -1.05. The molecule has 1 heterocycles. The van der Waals surface area contributed by atoms with Crippen molar-refractivity contribution in [1.29, 1.82) is 0 Å². The Morgan fingerprint density at radius 3 is 2.69 bits per heavy atom. The van der Waals surface area contributed by atoms with Crippen LogP contribution in [0.25, 0.3) is 11.1 Å². The van der Waals surface area contributed by atoms with Crippen LogP contribution in [0.3, 0.4) is 0 Å². The third-order valence-corrected chi connectivity index (χ3v) is 4.62. The average molecular weight is 412 g/mol. The molecule has 3 rings (SSSR count). The van der Waals surface area contributed by atoms with Gasteiger partial charge in [0.15, 0.2) is 5.69 Å². The second kappa shape index (κ2) is 10.0. The summed E-state index contributed by atoms with van der Waals surface area (Å²) in [6.07, 6.45) is 0.843. The Balaban J connectivity index is 1.52. The van der Waals surface area contributed by atoms with E-state index in [-0.39, 0.29) is 5.69 Å². The van der Waals surface area contributed by atoms with Gasteiger partial charge in [-0.15, -0.1) is 0 Å². The number of aromatic nitrogens is 1. The van der Waals surface area contributed by atoms with Gasteiger partial charge in [0.25, 0.3) is 0 Å². The number of pyridine rings is 1. The number of aliphatic hydroxyl groups is 1. The largest absolute Gasteiger partial charge is 0.476 e. The number of benzene rings is 2. The Morgan fingerprint density at radius 2 is 1.90 bits per heavy atom. The number of hydrogen-bond donors (Lipinski definition) is 4. The third kappa shape index (κ3) is 5.77. The van der Waals surface area contributed by atoms with E-state index in [1.807, 2.05) is 36.4 Å². The lowest BCUT2D eigenvalue weighted by atomic mass is 10.0. The molecule has 7 heteroatoms. The van der Waals surface area contributed by atoms with Gasteiger partial charge >= 0.3 is 5.97 Å². The highest BCUT2D eigenvalue weighted by Crippen LogP contribution is 2.25. The molecule has 0 bridgehead atoms. The summed E-state index contributed by atoms with van der Waals surface area (Å²) in [5.41, 5.74) is 3.04. The number of nitrogens with one attached hydrogen (secondary N) is 2. The number of halogens is 1. The fourth-order valence-corrected chi connectivity index (χ4v) is 3.17. The minimum Gasteiger partial charge on any atom is -0.476 e. The van der Waals surface area contributed by atoms with Gasteiger partial charge in [0.1, 0.15) is 0 Å². The molecule has 29 heavy (non-hydrogen) atoms. The van der Waals surface area contributed by atoms with Crippen LogP contribution < -0.4 is 10.6 Å². The van der Waals surface area contributed by atoms with E-state index in [9.17, 15) is 15.0 Å². The van der Waals surface area contributed by atoms with Crippen LogP contribution in [0, 0.1) is 0 Å². The first-order valence-electron chi connectivity index (χ1n) is 9.21. The van der Waals surface area contributed by atoms with Crippen molar-refractivity contribution in [3.63, 3.8) is 0 Å². The molecule has 150 valence electrons. The maximum atomic E-state index is 11.4. The molecule has 0 saturated heterocycles. The van der Waals surface area contributed by atoms with Crippen molar-refractivity contribution in [3.8, 4) is 11.1 Å². The summed E-state index contributed by atoms with van der Waals surface area (Å²) in [6.45, 7) is 1.71. The summed E-state index contributed by atoms with van der Waals surface area (Å²) in [6, 6.07) is 18.2. The number of nitrogens with zero attached hydrogens (tertiary/aromatic N) is 1. The van der Waals surface area contributed by atoms with Crippen LogP contribution in [-0.4, -0.2) is 40.8 Å². The second-order valence-corrected chi connectivity index (χ2v) is 6.92. The van der Waals surface area contributed by atoms with Gasteiger partial charge in [0.2, 0.25) is 0 Å². The lowest BCUT2D eigenvalue weighted by Crippen LogP contribution is -2.26. The topological polar surface area (TPSA) is 94.5 Å². The zero-order chi connectivity index (χ0) is 20.6. The first-order chi connectivity index (χ1) is 14.0. The standard InChI is InChI=1S/C22H22ClN3O3/c23-17-6-1-5-16(12-17)20(27)14-24-10-11-25-18-7-2-4-15(13-18)19-8-3-9-26-21(19)22(28)29/h1-9,12-13,20,24-25,27H,10-11,14H2,(H,28,29). The van der Waals surface area contributed by atoms with E-state index in [1.54, 1.807) is 24.3 Å². The Bertz CT molecular complexity index is 981. The number of anilines is 1. The molecule has 6 nitrogen and oxygen atoms in total. The fourth-order valence-electron chi connectivity index (χ4n) is 2.97. The molecule has 1 aromatic heterocycles. The highest BCUT2D eigenvalue weighted by molar-refractivity contribution is 6.30. The third-order valence-electron chi connectivity index (χ3n) is 4.39. The number of carbonyl (C=O) groups is 1. The fraction of sp³-hybridized carbons (Fsp3) is 0.182. The predicted molar refractivity (Wildman–Crippen MR) is 114 cm³/mol.